The first-order valence-corrected chi connectivity index (χ1v) is 10.2. The van der Waals surface area contributed by atoms with Crippen LogP contribution < -0.4 is 20.3 Å². The number of alkyl halides is 1. The van der Waals surface area contributed by atoms with Crippen LogP contribution in [0.15, 0.2) is 18.3 Å². The second kappa shape index (κ2) is 7.93. The van der Waals surface area contributed by atoms with Crippen LogP contribution in [0.2, 0.25) is 0 Å². The molecule has 1 amide bonds. The maximum Gasteiger partial charge on any atom is 0.228 e. The summed E-state index contributed by atoms with van der Waals surface area (Å²) in [5, 5.41) is 10.0. The molecule has 5 heterocycles. The first-order valence-electron chi connectivity index (χ1n) is 10.2. The molecule has 2 saturated heterocycles. The van der Waals surface area contributed by atoms with Crippen molar-refractivity contribution in [3.63, 3.8) is 0 Å². The normalized spacial score (nSPS) is 21.0. The highest BCUT2D eigenvalue weighted by atomic mass is 19.1. The molecule has 32 heavy (non-hydrogen) atoms. The molecule has 2 atom stereocenters. The number of amides is 1. The Hall–Kier alpha value is -3.41. The molecule has 0 aliphatic carbocycles. The van der Waals surface area contributed by atoms with Crippen LogP contribution in [0.3, 0.4) is 0 Å². The van der Waals surface area contributed by atoms with E-state index < -0.39 is 23.8 Å². The lowest BCUT2D eigenvalue weighted by molar-refractivity contribution is -0.117. The Labute approximate surface area is 180 Å². The summed E-state index contributed by atoms with van der Waals surface area (Å²) < 4.78 is 49.8. The molecule has 0 spiro atoms. The van der Waals surface area contributed by atoms with Gasteiger partial charge in [0.15, 0.2) is 34.7 Å². The molecule has 0 bridgehead atoms. The van der Waals surface area contributed by atoms with E-state index in [-0.39, 0.29) is 35.5 Å². The standard InChI is InChI=1S/C20H20F3N7O2/c1-32-15-6-16-25-9-14(30(16)28-20(15)29-4-2-3-17(29)31)18-10(21)5-11(22)19(27-18)26-13-8-24-7-12(13)23/h5-6,9,12-13,24H,2-4,7-8H2,1H3,(H,26,27). The van der Waals surface area contributed by atoms with E-state index in [0.29, 0.717) is 43.4 Å². The molecule has 2 fully saturated rings. The number of nitrogens with one attached hydrogen (secondary N) is 2. The lowest BCUT2D eigenvalue weighted by Gasteiger charge is -2.18. The van der Waals surface area contributed by atoms with E-state index in [9.17, 15) is 18.0 Å². The molecule has 0 radical (unpaired) electrons. The molecule has 3 aromatic heterocycles. The third kappa shape index (κ3) is 3.40. The van der Waals surface area contributed by atoms with Gasteiger partial charge in [-0.25, -0.2) is 27.7 Å². The van der Waals surface area contributed by atoms with Gasteiger partial charge in [0.1, 0.15) is 17.6 Å². The summed E-state index contributed by atoms with van der Waals surface area (Å²) in [5.41, 5.74) is 0.271. The summed E-state index contributed by atoms with van der Waals surface area (Å²) in [4.78, 5) is 22.0. The number of carbonyl (C=O) groups is 1. The SMILES string of the molecule is COc1cc2ncc(-c3nc(NC4CNCC4F)c(F)cc3F)n2nc1N1CCCC1=O. The van der Waals surface area contributed by atoms with Gasteiger partial charge in [-0.05, 0) is 6.42 Å². The molecule has 168 valence electrons. The highest BCUT2D eigenvalue weighted by Crippen LogP contribution is 2.32. The quantitative estimate of drug-likeness (QED) is 0.617. The van der Waals surface area contributed by atoms with Crippen LogP contribution in [-0.2, 0) is 4.79 Å². The molecule has 2 aliphatic heterocycles. The molecule has 0 aromatic carbocycles. The van der Waals surface area contributed by atoms with Crippen LogP contribution in [0.1, 0.15) is 12.8 Å². The van der Waals surface area contributed by atoms with Gasteiger partial charge in [0, 0.05) is 38.2 Å². The zero-order valence-electron chi connectivity index (χ0n) is 17.1. The molecule has 2 N–H and O–H groups in total. The number of halogens is 3. The molecule has 12 heteroatoms. The lowest BCUT2D eigenvalue weighted by atomic mass is 10.2. The minimum absolute atomic E-state index is 0.0969. The van der Waals surface area contributed by atoms with E-state index in [1.807, 2.05) is 0 Å². The number of nitrogens with zero attached hydrogens (tertiary/aromatic N) is 5. The van der Waals surface area contributed by atoms with Gasteiger partial charge in [-0.15, -0.1) is 5.10 Å². The molecular weight excluding hydrogens is 427 g/mol. The van der Waals surface area contributed by atoms with E-state index in [4.69, 9.17) is 4.74 Å². The van der Waals surface area contributed by atoms with Crippen molar-refractivity contribution in [2.75, 3.05) is 37.0 Å². The number of carbonyl (C=O) groups excluding carboxylic acids is 1. The van der Waals surface area contributed by atoms with Crippen molar-refractivity contribution in [1.82, 2.24) is 24.9 Å². The number of aromatic nitrogens is 4. The smallest absolute Gasteiger partial charge is 0.228 e. The molecule has 5 rings (SSSR count). The Balaban J connectivity index is 1.60. The van der Waals surface area contributed by atoms with E-state index in [1.165, 1.54) is 22.7 Å². The predicted molar refractivity (Wildman–Crippen MR) is 109 cm³/mol. The van der Waals surface area contributed by atoms with Crippen molar-refractivity contribution in [1.29, 1.82) is 0 Å². The highest BCUT2D eigenvalue weighted by Gasteiger charge is 2.30. The van der Waals surface area contributed by atoms with Crippen molar-refractivity contribution in [3.8, 4) is 17.1 Å². The van der Waals surface area contributed by atoms with Crippen molar-refractivity contribution < 1.29 is 22.7 Å². The fourth-order valence-electron chi connectivity index (χ4n) is 3.97. The van der Waals surface area contributed by atoms with Gasteiger partial charge < -0.3 is 15.4 Å². The number of methoxy groups -OCH3 is 1. The topological polar surface area (TPSA) is 96.7 Å². The van der Waals surface area contributed by atoms with Gasteiger partial charge >= 0.3 is 0 Å². The van der Waals surface area contributed by atoms with Crippen molar-refractivity contribution in [2.24, 2.45) is 0 Å². The number of ether oxygens (including phenoxy) is 1. The molecule has 2 aliphatic rings. The van der Waals surface area contributed by atoms with E-state index in [0.717, 1.165) is 0 Å². The average molecular weight is 447 g/mol. The first kappa shape index (κ1) is 20.5. The van der Waals surface area contributed by atoms with Crippen LogP contribution in [0.5, 0.6) is 5.75 Å². The van der Waals surface area contributed by atoms with Crippen LogP contribution in [0.4, 0.5) is 24.8 Å². The highest BCUT2D eigenvalue weighted by molar-refractivity contribution is 5.95. The van der Waals surface area contributed by atoms with Gasteiger partial charge in [0.2, 0.25) is 5.91 Å². The number of pyridine rings is 1. The number of imidazole rings is 1. The summed E-state index contributed by atoms with van der Waals surface area (Å²) in [6, 6.07) is 1.58. The number of anilines is 2. The summed E-state index contributed by atoms with van der Waals surface area (Å²) in [7, 11) is 1.45. The molecule has 0 saturated carbocycles. The summed E-state index contributed by atoms with van der Waals surface area (Å²) >= 11 is 0. The summed E-state index contributed by atoms with van der Waals surface area (Å²) in [6.45, 7) is 0.915. The lowest BCUT2D eigenvalue weighted by Crippen LogP contribution is -2.30. The minimum atomic E-state index is -1.23. The molecule has 3 aromatic rings. The van der Waals surface area contributed by atoms with Gasteiger partial charge in [0.05, 0.1) is 19.3 Å². The Kier molecular flexibility index (Phi) is 5.08. The van der Waals surface area contributed by atoms with E-state index in [1.54, 1.807) is 6.07 Å². The van der Waals surface area contributed by atoms with E-state index in [2.05, 4.69) is 25.7 Å². The van der Waals surface area contributed by atoms with Crippen molar-refractivity contribution >= 4 is 23.2 Å². The van der Waals surface area contributed by atoms with Crippen molar-refractivity contribution in [3.05, 3.63) is 30.0 Å². The zero-order chi connectivity index (χ0) is 22.4. The Morgan fingerprint density at radius 3 is 2.78 bits per heavy atom. The Morgan fingerprint density at radius 1 is 1.25 bits per heavy atom. The van der Waals surface area contributed by atoms with Gasteiger partial charge in [-0.1, -0.05) is 0 Å². The third-order valence-corrected chi connectivity index (χ3v) is 5.62. The van der Waals surface area contributed by atoms with Crippen LogP contribution >= 0.6 is 0 Å². The minimum Gasteiger partial charge on any atom is -0.493 e. The fraction of sp³-hybridized carbons (Fsp3) is 0.400. The number of hydrogen-bond acceptors (Lipinski definition) is 7. The third-order valence-electron chi connectivity index (χ3n) is 5.62. The molecule has 2 unspecified atom stereocenters. The van der Waals surface area contributed by atoms with E-state index >= 15 is 0 Å². The van der Waals surface area contributed by atoms with Gasteiger partial charge in [-0.3, -0.25) is 9.69 Å². The van der Waals surface area contributed by atoms with Gasteiger partial charge in [0.25, 0.3) is 0 Å². The fourth-order valence-corrected chi connectivity index (χ4v) is 3.97. The Morgan fingerprint density at radius 2 is 2.09 bits per heavy atom. The maximum absolute atomic E-state index is 14.7. The largest absolute Gasteiger partial charge is 0.493 e. The first-order chi connectivity index (χ1) is 15.5. The van der Waals surface area contributed by atoms with Crippen LogP contribution in [-0.4, -0.2) is 64.4 Å². The maximum atomic E-state index is 14.7. The monoisotopic (exact) mass is 447 g/mol. The second-order valence-corrected chi connectivity index (χ2v) is 7.67. The second-order valence-electron chi connectivity index (χ2n) is 7.67. The van der Waals surface area contributed by atoms with Crippen LogP contribution in [0, 0.1) is 11.6 Å². The molecular formula is C20H20F3N7O2. The number of hydrogen-bond donors (Lipinski definition) is 2. The summed E-state index contributed by atoms with van der Waals surface area (Å²) in [6.07, 6.45) is 1.21. The molecule has 9 nitrogen and oxygen atoms in total. The van der Waals surface area contributed by atoms with Crippen LogP contribution in [0.25, 0.3) is 17.0 Å². The summed E-state index contributed by atoms with van der Waals surface area (Å²) in [5.74, 6) is -1.59. The predicted octanol–water partition coefficient (Wildman–Crippen LogP) is 1.93. The zero-order valence-corrected chi connectivity index (χ0v) is 17.1. The number of fused-ring (bicyclic) bond motifs is 1. The average Bonchev–Trinajstić information content (AvgIpc) is 3.49. The number of rotatable bonds is 5. The van der Waals surface area contributed by atoms with Gasteiger partial charge in [-0.2, -0.15) is 0 Å². The Bertz CT molecular complexity index is 1200. The van der Waals surface area contributed by atoms with Crippen molar-refractivity contribution in [2.45, 2.75) is 25.1 Å².